The zero-order chi connectivity index (χ0) is 11.1. The van der Waals surface area contributed by atoms with Gasteiger partial charge in [0.25, 0.3) is 0 Å². The predicted octanol–water partition coefficient (Wildman–Crippen LogP) is 2.58. The van der Waals surface area contributed by atoms with E-state index in [0.717, 1.165) is 18.0 Å². The monoisotopic (exact) mass is 236 g/mol. The molecule has 0 saturated carbocycles. The fourth-order valence-corrected chi connectivity index (χ4v) is 3.51. The minimum atomic E-state index is 0.490. The molecule has 1 aromatic carbocycles. The van der Waals surface area contributed by atoms with E-state index in [1.165, 1.54) is 30.5 Å². The molecule has 3 rings (SSSR count). The number of hydrogen-bond donors (Lipinski definition) is 1. The van der Waals surface area contributed by atoms with E-state index in [4.69, 9.17) is 17.3 Å². The molecule has 0 aliphatic carbocycles. The van der Waals surface area contributed by atoms with Gasteiger partial charge in [-0.1, -0.05) is 23.7 Å². The van der Waals surface area contributed by atoms with Gasteiger partial charge in [-0.2, -0.15) is 0 Å². The van der Waals surface area contributed by atoms with Crippen LogP contribution in [-0.4, -0.2) is 18.6 Å². The number of anilines is 1. The Labute approximate surface area is 101 Å². The minimum Gasteiger partial charge on any atom is -0.363 e. The van der Waals surface area contributed by atoms with Crippen molar-refractivity contribution in [1.29, 1.82) is 0 Å². The lowest BCUT2D eigenvalue weighted by Crippen LogP contribution is -2.43. The molecule has 2 nitrogen and oxygen atoms in total. The van der Waals surface area contributed by atoms with Crippen LogP contribution in [0, 0.1) is 0 Å². The first-order chi connectivity index (χ1) is 7.81. The third-order valence-electron chi connectivity index (χ3n) is 3.97. The van der Waals surface area contributed by atoms with Crippen molar-refractivity contribution in [1.82, 2.24) is 0 Å². The first-order valence-electron chi connectivity index (χ1n) is 6.07. The zero-order valence-electron chi connectivity index (χ0n) is 9.32. The second-order valence-corrected chi connectivity index (χ2v) is 5.22. The molecule has 0 aromatic heterocycles. The van der Waals surface area contributed by atoms with Crippen LogP contribution in [0.1, 0.15) is 24.8 Å². The van der Waals surface area contributed by atoms with Gasteiger partial charge >= 0.3 is 0 Å². The van der Waals surface area contributed by atoms with Crippen molar-refractivity contribution in [2.45, 2.75) is 37.8 Å². The van der Waals surface area contributed by atoms with E-state index >= 15 is 0 Å². The average molecular weight is 237 g/mol. The lowest BCUT2D eigenvalue weighted by molar-refractivity contribution is 0.563. The SMILES string of the molecule is NCC1CCC2CCc3cccc(Cl)c3N12. The topological polar surface area (TPSA) is 29.3 Å². The highest BCUT2D eigenvalue weighted by Crippen LogP contribution is 2.42. The summed E-state index contributed by atoms with van der Waals surface area (Å²) in [6.07, 6.45) is 4.90. The van der Waals surface area contributed by atoms with Crippen molar-refractivity contribution in [3.05, 3.63) is 28.8 Å². The third-order valence-corrected chi connectivity index (χ3v) is 4.27. The van der Waals surface area contributed by atoms with Crippen LogP contribution in [0.2, 0.25) is 5.02 Å². The van der Waals surface area contributed by atoms with Gasteiger partial charge in [0.1, 0.15) is 0 Å². The molecule has 2 heterocycles. The highest BCUT2D eigenvalue weighted by Gasteiger charge is 2.37. The van der Waals surface area contributed by atoms with Crippen molar-refractivity contribution in [2.24, 2.45) is 5.73 Å². The normalized spacial score (nSPS) is 27.8. The molecular weight excluding hydrogens is 220 g/mol. The Morgan fingerprint density at radius 3 is 3.00 bits per heavy atom. The van der Waals surface area contributed by atoms with Gasteiger partial charge in [-0.05, 0) is 37.3 Å². The number of nitrogens with zero attached hydrogens (tertiary/aromatic N) is 1. The van der Waals surface area contributed by atoms with Crippen molar-refractivity contribution in [3.63, 3.8) is 0 Å². The Morgan fingerprint density at radius 2 is 2.19 bits per heavy atom. The van der Waals surface area contributed by atoms with Gasteiger partial charge in [-0.25, -0.2) is 0 Å². The van der Waals surface area contributed by atoms with Crippen LogP contribution in [0.3, 0.4) is 0 Å². The molecule has 2 aliphatic rings. The number of aryl methyl sites for hydroxylation is 1. The molecule has 0 bridgehead atoms. The van der Waals surface area contributed by atoms with E-state index in [2.05, 4.69) is 17.0 Å². The van der Waals surface area contributed by atoms with Crippen LogP contribution >= 0.6 is 11.6 Å². The van der Waals surface area contributed by atoms with Crippen molar-refractivity contribution < 1.29 is 0 Å². The van der Waals surface area contributed by atoms with Crippen LogP contribution in [0.25, 0.3) is 0 Å². The highest BCUT2D eigenvalue weighted by atomic mass is 35.5. The second kappa shape index (κ2) is 3.94. The van der Waals surface area contributed by atoms with Gasteiger partial charge in [0.2, 0.25) is 0 Å². The highest BCUT2D eigenvalue weighted by molar-refractivity contribution is 6.33. The van der Waals surface area contributed by atoms with Crippen LogP contribution in [0.5, 0.6) is 0 Å². The van der Waals surface area contributed by atoms with Crippen LogP contribution in [-0.2, 0) is 6.42 Å². The summed E-state index contributed by atoms with van der Waals surface area (Å²) < 4.78 is 0. The molecule has 0 spiro atoms. The number of nitrogens with two attached hydrogens (primary N) is 1. The zero-order valence-corrected chi connectivity index (χ0v) is 10.1. The summed E-state index contributed by atoms with van der Waals surface area (Å²) >= 11 is 6.35. The van der Waals surface area contributed by atoms with E-state index in [1.54, 1.807) is 0 Å². The van der Waals surface area contributed by atoms with E-state index < -0.39 is 0 Å². The standard InChI is InChI=1S/C13H17ClN2/c14-12-3-1-2-9-4-5-10-6-7-11(8-15)16(10)13(9)12/h1-3,10-11H,4-8,15H2. The average Bonchev–Trinajstić information content (AvgIpc) is 2.72. The van der Waals surface area contributed by atoms with E-state index in [0.29, 0.717) is 12.1 Å². The van der Waals surface area contributed by atoms with Gasteiger partial charge in [-0.3, -0.25) is 0 Å². The number of halogens is 1. The van der Waals surface area contributed by atoms with Crippen molar-refractivity contribution >= 4 is 17.3 Å². The molecule has 3 heteroatoms. The summed E-state index contributed by atoms with van der Waals surface area (Å²) in [5, 5.41) is 0.891. The third kappa shape index (κ3) is 1.44. The summed E-state index contributed by atoms with van der Waals surface area (Å²) in [5.41, 5.74) is 8.51. The predicted molar refractivity (Wildman–Crippen MR) is 68.1 cm³/mol. The van der Waals surface area contributed by atoms with Crippen molar-refractivity contribution in [3.8, 4) is 0 Å². The lowest BCUT2D eigenvalue weighted by Gasteiger charge is -2.38. The Balaban J connectivity index is 2.08. The number of fused-ring (bicyclic) bond motifs is 3. The molecule has 2 N–H and O–H groups in total. The molecule has 0 amide bonds. The van der Waals surface area contributed by atoms with Gasteiger partial charge in [0, 0.05) is 18.6 Å². The van der Waals surface area contributed by atoms with E-state index in [9.17, 15) is 0 Å². The fraction of sp³-hybridized carbons (Fsp3) is 0.538. The summed E-state index contributed by atoms with van der Waals surface area (Å²) in [6.45, 7) is 0.737. The molecule has 16 heavy (non-hydrogen) atoms. The lowest BCUT2D eigenvalue weighted by atomic mass is 9.96. The Morgan fingerprint density at radius 1 is 1.31 bits per heavy atom. The summed E-state index contributed by atoms with van der Waals surface area (Å²) in [4.78, 5) is 2.49. The molecule has 1 fully saturated rings. The molecule has 2 aliphatic heterocycles. The molecule has 1 aromatic rings. The molecule has 86 valence electrons. The molecular formula is C13H17ClN2. The minimum absolute atomic E-state index is 0.490. The largest absolute Gasteiger partial charge is 0.363 e. The van der Waals surface area contributed by atoms with Gasteiger partial charge < -0.3 is 10.6 Å². The first-order valence-corrected chi connectivity index (χ1v) is 6.45. The summed E-state index contributed by atoms with van der Waals surface area (Å²) in [7, 11) is 0. The van der Waals surface area contributed by atoms with Gasteiger partial charge in [0.15, 0.2) is 0 Å². The van der Waals surface area contributed by atoms with Gasteiger partial charge in [-0.15, -0.1) is 0 Å². The number of benzene rings is 1. The van der Waals surface area contributed by atoms with Crippen LogP contribution in [0.4, 0.5) is 5.69 Å². The molecule has 2 unspecified atom stereocenters. The van der Waals surface area contributed by atoms with E-state index in [1.807, 2.05) is 6.07 Å². The number of para-hydroxylation sites is 1. The van der Waals surface area contributed by atoms with Crippen LogP contribution < -0.4 is 10.6 Å². The first kappa shape index (κ1) is 10.4. The Hall–Kier alpha value is -0.730. The maximum absolute atomic E-state index is 6.35. The Kier molecular flexibility index (Phi) is 2.56. The molecule has 1 saturated heterocycles. The smallest absolute Gasteiger partial charge is 0.0642 e. The van der Waals surface area contributed by atoms with Crippen molar-refractivity contribution in [2.75, 3.05) is 11.4 Å². The second-order valence-electron chi connectivity index (χ2n) is 4.81. The maximum Gasteiger partial charge on any atom is 0.0642 e. The maximum atomic E-state index is 6.35. The number of hydrogen-bond acceptors (Lipinski definition) is 2. The molecule has 0 radical (unpaired) electrons. The van der Waals surface area contributed by atoms with E-state index in [-0.39, 0.29) is 0 Å². The summed E-state index contributed by atoms with van der Waals surface area (Å²) in [6, 6.07) is 7.40. The molecule has 2 atom stereocenters. The summed E-state index contributed by atoms with van der Waals surface area (Å²) in [5.74, 6) is 0. The fourth-order valence-electron chi connectivity index (χ4n) is 3.21. The number of rotatable bonds is 1. The quantitative estimate of drug-likeness (QED) is 0.812. The Bertz CT molecular complexity index is 405. The van der Waals surface area contributed by atoms with Crippen LogP contribution in [0.15, 0.2) is 18.2 Å². The van der Waals surface area contributed by atoms with Gasteiger partial charge in [0.05, 0.1) is 10.7 Å².